The molecule has 0 atom stereocenters. The number of nitro benzene ring substituents is 1. The largest absolute Gasteiger partial charge is 0.366 e. The van der Waals surface area contributed by atoms with Gasteiger partial charge < -0.3 is 10.2 Å². The van der Waals surface area contributed by atoms with Crippen molar-refractivity contribution in [3.8, 4) is 0 Å². The number of Topliss-reactive ketones (excluding diaryl/α,β-unsaturated/α-hetero) is 1. The Morgan fingerprint density at radius 3 is 2.25 bits per heavy atom. The molecule has 0 radical (unpaired) electrons. The summed E-state index contributed by atoms with van der Waals surface area (Å²) in [6.45, 7) is 5.20. The van der Waals surface area contributed by atoms with E-state index in [4.69, 9.17) is 0 Å². The zero-order valence-corrected chi connectivity index (χ0v) is 16.0. The van der Waals surface area contributed by atoms with Crippen molar-refractivity contribution in [1.82, 2.24) is 0 Å². The van der Waals surface area contributed by atoms with E-state index in [9.17, 15) is 19.7 Å². The van der Waals surface area contributed by atoms with E-state index >= 15 is 0 Å². The summed E-state index contributed by atoms with van der Waals surface area (Å²) in [6, 6.07) is 11.1. The second kappa shape index (κ2) is 8.21. The number of carbonyl (C=O) groups is 2. The van der Waals surface area contributed by atoms with Crippen LogP contribution in [0.15, 0.2) is 42.5 Å². The predicted molar refractivity (Wildman–Crippen MR) is 108 cm³/mol. The molecule has 0 saturated carbocycles. The number of nitro groups is 1. The van der Waals surface area contributed by atoms with Crippen LogP contribution in [-0.4, -0.2) is 29.7 Å². The van der Waals surface area contributed by atoms with Gasteiger partial charge in [-0.05, 0) is 62.1 Å². The van der Waals surface area contributed by atoms with Crippen molar-refractivity contribution in [2.45, 2.75) is 26.7 Å². The molecule has 28 heavy (non-hydrogen) atoms. The number of hydrogen-bond acceptors (Lipinski definition) is 5. The quantitative estimate of drug-likeness (QED) is 0.474. The van der Waals surface area contributed by atoms with E-state index < -0.39 is 10.8 Å². The van der Waals surface area contributed by atoms with Crippen molar-refractivity contribution in [3.63, 3.8) is 0 Å². The normalized spacial score (nSPS) is 14.6. The molecule has 0 bridgehead atoms. The first-order chi connectivity index (χ1) is 13.3. The topological polar surface area (TPSA) is 92.6 Å². The Morgan fingerprint density at radius 2 is 1.68 bits per heavy atom. The van der Waals surface area contributed by atoms with E-state index in [1.54, 1.807) is 36.4 Å². The molecule has 1 N–H and O–H groups in total. The van der Waals surface area contributed by atoms with E-state index in [1.165, 1.54) is 13.0 Å². The molecular formula is C21H23N3O4. The molecule has 1 saturated heterocycles. The van der Waals surface area contributed by atoms with Gasteiger partial charge in [0.25, 0.3) is 11.6 Å². The van der Waals surface area contributed by atoms with Crippen LogP contribution < -0.4 is 10.2 Å². The number of amides is 1. The van der Waals surface area contributed by atoms with Gasteiger partial charge in [0.1, 0.15) is 5.69 Å². The third-order valence-electron chi connectivity index (χ3n) is 5.11. The number of piperidine rings is 1. The highest BCUT2D eigenvalue weighted by molar-refractivity contribution is 6.05. The number of anilines is 2. The molecule has 0 spiro atoms. The molecular weight excluding hydrogens is 358 g/mol. The highest BCUT2D eigenvalue weighted by Gasteiger charge is 2.24. The number of carbonyl (C=O) groups excluding carboxylic acids is 2. The van der Waals surface area contributed by atoms with Crippen LogP contribution in [0.1, 0.15) is 47.4 Å². The van der Waals surface area contributed by atoms with Gasteiger partial charge in [0, 0.05) is 36.0 Å². The smallest absolute Gasteiger partial charge is 0.293 e. The first-order valence-corrected chi connectivity index (χ1v) is 9.31. The van der Waals surface area contributed by atoms with Crippen LogP contribution >= 0.6 is 0 Å². The van der Waals surface area contributed by atoms with Gasteiger partial charge in [-0.25, -0.2) is 0 Å². The monoisotopic (exact) mass is 381 g/mol. The maximum atomic E-state index is 12.5. The number of nitrogens with zero attached hydrogens (tertiary/aromatic N) is 2. The van der Waals surface area contributed by atoms with Gasteiger partial charge in [-0.2, -0.15) is 0 Å². The lowest BCUT2D eigenvalue weighted by atomic mass is 9.98. The standard InChI is InChI=1S/C21H23N3O4/c1-14-9-11-23(12-10-14)19-8-5-17(13-20(19)24(27)28)21(26)22-18-6-3-16(4-7-18)15(2)25/h3-8,13-14H,9-12H2,1-2H3,(H,22,26). The van der Waals surface area contributed by atoms with Gasteiger partial charge in [0.05, 0.1) is 4.92 Å². The molecule has 7 nitrogen and oxygen atoms in total. The highest BCUT2D eigenvalue weighted by Crippen LogP contribution is 2.32. The summed E-state index contributed by atoms with van der Waals surface area (Å²) in [6.07, 6.45) is 1.99. The van der Waals surface area contributed by atoms with Crippen molar-refractivity contribution < 1.29 is 14.5 Å². The molecule has 0 unspecified atom stereocenters. The fourth-order valence-corrected chi connectivity index (χ4v) is 3.32. The van der Waals surface area contributed by atoms with Crippen molar-refractivity contribution in [2.24, 2.45) is 5.92 Å². The lowest BCUT2D eigenvalue weighted by Crippen LogP contribution is -2.33. The molecule has 1 heterocycles. The van der Waals surface area contributed by atoms with Crippen LogP contribution in [0.2, 0.25) is 0 Å². The second-order valence-corrected chi connectivity index (χ2v) is 7.22. The lowest BCUT2D eigenvalue weighted by molar-refractivity contribution is -0.384. The maximum absolute atomic E-state index is 12.5. The molecule has 7 heteroatoms. The molecule has 146 valence electrons. The Balaban J connectivity index is 1.80. The third-order valence-corrected chi connectivity index (χ3v) is 5.11. The van der Waals surface area contributed by atoms with E-state index in [1.807, 2.05) is 4.90 Å². The van der Waals surface area contributed by atoms with Gasteiger partial charge in [-0.15, -0.1) is 0 Å². The third kappa shape index (κ3) is 4.36. The summed E-state index contributed by atoms with van der Waals surface area (Å²) >= 11 is 0. The van der Waals surface area contributed by atoms with Crippen molar-refractivity contribution in [2.75, 3.05) is 23.3 Å². The minimum Gasteiger partial charge on any atom is -0.366 e. The highest BCUT2D eigenvalue weighted by atomic mass is 16.6. The molecule has 3 rings (SSSR count). The summed E-state index contributed by atoms with van der Waals surface area (Å²) in [4.78, 5) is 37.0. The molecule has 1 fully saturated rings. The fraction of sp³-hybridized carbons (Fsp3) is 0.333. The summed E-state index contributed by atoms with van der Waals surface area (Å²) in [5.74, 6) is 0.128. The number of benzene rings is 2. The average Bonchev–Trinajstić information content (AvgIpc) is 2.68. The Kier molecular flexibility index (Phi) is 5.73. The molecule has 0 aromatic heterocycles. The van der Waals surface area contributed by atoms with Gasteiger partial charge in [0.2, 0.25) is 0 Å². The summed E-state index contributed by atoms with van der Waals surface area (Å²) in [5.41, 5.74) is 1.78. The Morgan fingerprint density at radius 1 is 1.07 bits per heavy atom. The van der Waals surface area contributed by atoms with Crippen molar-refractivity contribution >= 4 is 28.8 Å². The maximum Gasteiger partial charge on any atom is 0.293 e. The van der Waals surface area contributed by atoms with Gasteiger partial charge in [-0.3, -0.25) is 19.7 Å². The van der Waals surface area contributed by atoms with E-state index in [0.717, 1.165) is 25.9 Å². The molecule has 1 amide bonds. The van der Waals surface area contributed by atoms with Crippen LogP contribution in [0.4, 0.5) is 17.1 Å². The molecule has 2 aromatic carbocycles. The predicted octanol–water partition coefficient (Wildman–Crippen LogP) is 4.29. The van der Waals surface area contributed by atoms with Crippen LogP contribution in [-0.2, 0) is 0 Å². The van der Waals surface area contributed by atoms with Crippen LogP contribution in [0.25, 0.3) is 0 Å². The first kappa shape index (κ1) is 19.5. The molecule has 1 aliphatic heterocycles. The van der Waals surface area contributed by atoms with E-state index in [0.29, 0.717) is 22.9 Å². The van der Waals surface area contributed by atoms with Gasteiger partial charge >= 0.3 is 0 Å². The number of rotatable bonds is 5. The molecule has 0 aliphatic carbocycles. The van der Waals surface area contributed by atoms with Gasteiger partial charge in [0.15, 0.2) is 5.78 Å². The lowest BCUT2D eigenvalue weighted by Gasteiger charge is -2.31. The zero-order valence-electron chi connectivity index (χ0n) is 16.0. The van der Waals surface area contributed by atoms with E-state index in [2.05, 4.69) is 12.2 Å². The zero-order chi connectivity index (χ0) is 20.3. The van der Waals surface area contributed by atoms with Crippen molar-refractivity contribution in [1.29, 1.82) is 0 Å². The summed E-state index contributed by atoms with van der Waals surface area (Å²) in [5, 5.41) is 14.3. The van der Waals surface area contributed by atoms with Crippen LogP contribution in [0.3, 0.4) is 0 Å². The number of nitrogens with one attached hydrogen (secondary N) is 1. The Hall–Kier alpha value is -3.22. The molecule has 1 aliphatic rings. The SMILES string of the molecule is CC(=O)c1ccc(NC(=O)c2ccc(N3CCC(C)CC3)c([N+](=O)[O-])c2)cc1. The van der Waals surface area contributed by atoms with Crippen LogP contribution in [0, 0.1) is 16.0 Å². The van der Waals surface area contributed by atoms with Crippen molar-refractivity contribution in [3.05, 3.63) is 63.7 Å². The number of hydrogen-bond donors (Lipinski definition) is 1. The second-order valence-electron chi connectivity index (χ2n) is 7.22. The Bertz CT molecular complexity index is 900. The minimum absolute atomic E-state index is 0.0591. The average molecular weight is 381 g/mol. The Labute approximate surface area is 163 Å². The van der Waals surface area contributed by atoms with Gasteiger partial charge in [-0.1, -0.05) is 6.92 Å². The molecule has 2 aromatic rings. The first-order valence-electron chi connectivity index (χ1n) is 9.31. The summed E-state index contributed by atoms with van der Waals surface area (Å²) < 4.78 is 0. The minimum atomic E-state index is -0.439. The fourth-order valence-electron chi connectivity index (χ4n) is 3.32. The summed E-state index contributed by atoms with van der Waals surface area (Å²) in [7, 11) is 0. The van der Waals surface area contributed by atoms with Crippen LogP contribution in [0.5, 0.6) is 0 Å². The number of ketones is 1. The van der Waals surface area contributed by atoms with E-state index in [-0.39, 0.29) is 17.0 Å².